The van der Waals surface area contributed by atoms with Crippen LogP contribution in [0.1, 0.15) is 5.56 Å². The molecule has 96 valence electrons. The molecule has 8 heteroatoms. The molecule has 6 nitrogen and oxygen atoms in total. The van der Waals surface area contributed by atoms with Crippen molar-refractivity contribution in [3.63, 3.8) is 0 Å². The number of aromatic amines is 1. The quantitative estimate of drug-likeness (QED) is 0.765. The van der Waals surface area contributed by atoms with Crippen molar-refractivity contribution in [3.8, 4) is 0 Å². The van der Waals surface area contributed by atoms with Crippen molar-refractivity contribution in [1.82, 2.24) is 9.97 Å². The van der Waals surface area contributed by atoms with Crippen molar-refractivity contribution in [2.45, 2.75) is 11.6 Å². The molecule has 2 aromatic rings. The number of nitrogens with two attached hydrogens (primary N) is 1. The number of imidazole rings is 1. The standard InChI is InChI=1S/C10H11FN4O2S/c11-8-3-7(4-12)1-2-9(8)15-18(16,17)10-5-13-6-14-10/h1-3,5-6,15H,4,12H2,(H,13,14). The van der Waals surface area contributed by atoms with Crippen LogP contribution in [-0.2, 0) is 16.6 Å². The summed E-state index contributed by atoms with van der Waals surface area (Å²) in [5.41, 5.74) is 5.80. The van der Waals surface area contributed by atoms with E-state index in [9.17, 15) is 12.8 Å². The second-order valence-corrected chi connectivity index (χ2v) is 5.19. The zero-order valence-corrected chi connectivity index (χ0v) is 10.0. The number of halogens is 1. The number of nitrogens with zero attached hydrogens (tertiary/aromatic N) is 1. The maximum Gasteiger partial charge on any atom is 0.279 e. The molecule has 0 bridgehead atoms. The van der Waals surface area contributed by atoms with Gasteiger partial charge in [0.1, 0.15) is 5.82 Å². The normalized spacial score (nSPS) is 11.4. The first-order chi connectivity index (χ1) is 8.53. The Labute approximate surface area is 103 Å². The van der Waals surface area contributed by atoms with Gasteiger partial charge in [0.05, 0.1) is 18.2 Å². The summed E-state index contributed by atoms with van der Waals surface area (Å²) in [6, 6.07) is 4.06. The van der Waals surface area contributed by atoms with Gasteiger partial charge < -0.3 is 10.7 Å². The number of aromatic nitrogens is 2. The van der Waals surface area contributed by atoms with Crippen LogP contribution < -0.4 is 10.5 Å². The summed E-state index contributed by atoms with van der Waals surface area (Å²) in [4.78, 5) is 6.03. The first kappa shape index (κ1) is 12.5. The van der Waals surface area contributed by atoms with Gasteiger partial charge >= 0.3 is 0 Å². The van der Waals surface area contributed by atoms with Gasteiger partial charge in [0, 0.05) is 6.54 Å². The van der Waals surface area contributed by atoms with Crippen molar-refractivity contribution >= 4 is 15.7 Å². The lowest BCUT2D eigenvalue weighted by molar-refractivity contribution is 0.595. The molecule has 0 amide bonds. The van der Waals surface area contributed by atoms with Crippen molar-refractivity contribution in [2.24, 2.45) is 5.73 Å². The number of nitrogens with one attached hydrogen (secondary N) is 2. The molecule has 2 rings (SSSR count). The molecule has 0 atom stereocenters. The number of sulfonamides is 1. The van der Waals surface area contributed by atoms with Crippen molar-refractivity contribution in [2.75, 3.05) is 4.72 Å². The number of rotatable bonds is 4. The number of hydrogen-bond acceptors (Lipinski definition) is 4. The van der Waals surface area contributed by atoms with Crippen molar-refractivity contribution in [1.29, 1.82) is 0 Å². The molecule has 1 aromatic heterocycles. The summed E-state index contributed by atoms with van der Waals surface area (Å²) in [7, 11) is -3.85. The van der Waals surface area contributed by atoms with E-state index < -0.39 is 15.8 Å². The fourth-order valence-corrected chi connectivity index (χ4v) is 2.33. The monoisotopic (exact) mass is 270 g/mol. The molecule has 0 fully saturated rings. The zero-order valence-electron chi connectivity index (χ0n) is 9.22. The average Bonchev–Trinajstić information content (AvgIpc) is 2.86. The van der Waals surface area contributed by atoms with Gasteiger partial charge in [-0.3, -0.25) is 4.72 Å². The molecule has 0 aliphatic carbocycles. The third-order valence-corrected chi connectivity index (χ3v) is 3.57. The zero-order chi connectivity index (χ0) is 13.2. The molecule has 0 spiro atoms. The summed E-state index contributed by atoms with van der Waals surface area (Å²) in [6.07, 6.45) is 2.36. The average molecular weight is 270 g/mol. The summed E-state index contributed by atoms with van der Waals surface area (Å²) in [6.45, 7) is 0.185. The van der Waals surface area contributed by atoms with E-state index in [4.69, 9.17) is 5.73 Å². The molecular weight excluding hydrogens is 259 g/mol. The Hall–Kier alpha value is -1.93. The number of anilines is 1. The minimum atomic E-state index is -3.85. The van der Waals surface area contributed by atoms with Gasteiger partial charge in [0.15, 0.2) is 5.03 Å². The van der Waals surface area contributed by atoms with Crippen molar-refractivity contribution < 1.29 is 12.8 Å². The molecule has 18 heavy (non-hydrogen) atoms. The molecule has 0 saturated heterocycles. The SMILES string of the molecule is NCc1ccc(NS(=O)(=O)c2cnc[nH]2)c(F)c1. The molecule has 1 heterocycles. The Bertz CT molecular complexity index is 640. The van der Waals surface area contributed by atoms with E-state index in [1.54, 1.807) is 6.07 Å². The van der Waals surface area contributed by atoms with Crippen LogP contribution in [-0.4, -0.2) is 18.4 Å². The molecule has 0 unspecified atom stereocenters. The maximum absolute atomic E-state index is 13.6. The van der Waals surface area contributed by atoms with E-state index in [-0.39, 0.29) is 17.3 Å². The van der Waals surface area contributed by atoms with Crippen LogP contribution in [0.5, 0.6) is 0 Å². The lowest BCUT2D eigenvalue weighted by Crippen LogP contribution is -2.14. The van der Waals surface area contributed by atoms with Gasteiger partial charge in [-0.15, -0.1) is 0 Å². The highest BCUT2D eigenvalue weighted by Gasteiger charge is 2.17. The minimum absolute atomic E-state index is 0.134. The predicted octanol–water partition coefficient (Wildman–Crippen LogP) is 0.808. The van der Waals surface area contributed by atoms with E-state index in [1.165, 1.54) is 18.5 Å². The summed E-state index contributed by atoms with van der Waals surface area (Å²) in [5, 5.41) is -0.134. The maximum atomic E-state index is 13.6. The van der Waals surface area contributed by atoms with Crippen LogP contribution in [0.15, 0.2) is 35.7 Å². The molecule has 0 aliphatic rings. The van der Waals surface area contributed by atoms with Gasteiger partial charge in [-0.1, -0.05) is 6.07 Å². The molecular formula is C10H11FN4O2S. The first-order valence-corrected chi connectivity index (χ1v) is 6.51. The molecule has 1 aromatic carbocycles. The van der Waals surface area contributed by atoms with Gasteiger partial charge in [0.2, 0.25) is 0 Å². The van der Waals surface area contributed by atoms with Gasteiger partial charge in [-0.05, 0) is 17.7 Å². The molecule has 0 aliphatic heterocycles. The Morgan fingerprint density at radius 3 is 2.78 bits per heavy atom. The largest absolute Gasteiger partial charge is 0.334 e. The fourth-order valence-electron chi connectivity index (χ4n) is 1.36. The van der Waals surface area contributed by atoms with Crippen LogP contribution in [0.25, 0.3) is 0 Å². The van der Waals surface area contributed by atoms with Crippen LogP contribution >= 0.6 is 0 Å². The number of H-pyrrole nitrogens is 1. The van der Waals surface area contributed by atoms with Crippen LogP contribution in [0.3, 0.4) is 0 Å². The fraction of sp³-hybridized carbons (Fsp3) is 0.100. The Morgan fingerprint density at radius 1 is 1.44 bits per heavy atom. The summed E-state index contributed by atoms with van der Waals surface area (Å²) in [5.74, 6) is -0.680. The summed E-state index contributed by atoms with van der Waals surface area (Å²) < 4.78 is 39.3. The van der Waals surface area contributed by atoms with E-state index in [1.807, 2.05) is 0 Å². The predicted molar refractivity (Wildman–Crippen MR) is 63.7 cm³/mol. The first-order valence-electron chi connectivity index (χ1n) is 5.02. The lowest BCUT2D eigenvalue weighted by Gasteiger charge is -2.08. The smallest absolute Gasteiger partial charge is 0.279 e. The third-order valence-electron chi connectivity index (χ3n) is 2.28. The van der Waals surface area contributed by atoms with Crippen LogP contribution in [0, 0.1) is 5.82 Å². The Balaban J connectivity index is 2.30. The Kier molecular flexibility index (Phi) is 3.30. The third kappa shape index (κ3) is 2.49. The molecule has 0 radical (unpaired) electrons. The van der Waals surface area contributed by atoms with Gasteiger partial charge in [0.25, 0.3) is 10.0 Å². The van der Waals surface area contributed by atoms with Gasteiger partial charge in [-0.2, -0.15) is 8.42 Å². The minimum Gasteiger partial charge on any atom is -0.334 e. The highest BCUT2D eigenvalue weighted by molar-refractivity contribution is 7.92. The topological polar surface area (TPSA) is 101 Å². The van der Waals surface area contributed by atoms with E-state index >= 15 is 0 Å². The second kappa shape index (κ2) is 4.75. The number of hydrogen-bond donors (Lipinski definition) is 3. The highest BCUT2D eigenvalue weighted by atomic mass is 32.2. The van der Waals surface area contributed by atoms with E-state index in [0.29, 0.717) is 5.56 Å². The highest BCUT2D eigenvalue weighted by Crippen LogP contribution is 2.19. The van der Waals surface area contributed by atoms with E-state index in [2.05, 4.69) is 14.7 Å². The summed E-state index contributed by atoms with van der Waals surface area (Å²) >= 11 is 0. The lowest BCUT2D eigenvalue weighted by atomic mass is 10.2. The van der Waals surface area contributed by atoms with Gasteiger partial charge in [-0.25, -0.2) is 9.37 Å². The molecule has 4 N–H and O–H groups in total. The Morgan fingerprint density at radius 2 is 2.22 bits per heavy atom. The second-order valence-electron chi connectivity index (χ2n) is 3.54. The van der Waals surface area contributed by atoms with Crippen LogP contribution in [0.2, 0.25) is 0 Å². The van der Waals surface area contributed by atoms with Crippen LogP contribution in [0.4, 0.5) is 10.1 Å². The molecule has 0 saturated carbocycles. The van der Waals surface area contributed by atoms with Crippen molar-refractivity contribution in [3.05, 3.63) is 42.1 Å². The van der Waals surface area contributed by atoms with E-state index in [0.717, 1.165) is 6.20 Å². The number of benzene rings is 1.